The molecule has 0 bridgehead atoms. The molecular formula is C19H26ClN3OS. The number of halogens is 1. The number of nitrogens with two attached hydrogens (primary N) is 1. The SMILES string of the molecule is CCc1ccc(-c2nc(CC(=O)NC3CCC(N)CC3)cs2)cc1.Cl. The van der Waals surface area contributed by atoms with E-state index in [0.717, 1.165) is 48.4 Å². The van der Waals surface area contributed by atoms with Gasteiger partial charge in [0.1, 0.15) is 5.01 Å². The second-order valence-electron chi connectivity index (χ2n) is 6.55. The van der Waals surface area contributed by atoms with Gasteiger partial charge in [-0.15, -0.1) is 23.7 Å². The van der Waals surface area contributed by atoms with E-state index >= 15 is 0 Å². The Labute approximate surface area is 159 Å². The van der Waals surface area contributed by atoms with Gasteiger partial charge in [-0.2, -0.15) is 0 Å². The van der Waals surface area contributed by atoms with Crippen LogP contribution in [0.2, 0.25) is 0 Å². The molecule has 1 amide bonds. The first-order valence-electron chi connectivity index (χ1n) is 8.72. The van der Waals surface area contributed by atoms with E-state index in [1.807, 2.05) is 5.38 Å². The summed E-state index contributed by atoms with van der Waals surface area (Å²) in [6.45, 7) is 2.15. The summed E-state index contributed by atoms with van der Waals surface area (Å²) in [6, 6.07) is 9.06. The zero-order valence-electron chi connectivity index (χ0n) is 14.5. The first-order chi connectivity index (χ1) is 11.6. The van der Waals surface area contributed by atoms with Crippen LogP contribution >= 0.6 is 23.7 Å². The Hall–Kier alpha value is -1.43. The molecule has 0 saturated heterocycles. The number of carbonyl (C=O) groups is 1. The molecule has 1 aliphatic rings. The molecule has 1 saturated carbocycles. The zero-order chi connectivity index (χ0) is 16.9. The molecule has 1 heterocycles. The smallest absolute Gasteiger partial charge is 0.226 e. The highest BCUT2D eigenvalue weighted by Gasteiger charge is 2.20. The lowest BCUT2D eigenvalue weighted by molar-refractivity contribution is -0.121. The highest BCUT2D eigenvalue weighted by molar-refractivity contribution is 7.13. The Morgan fingerprint density at radius 3 is 2.56 bits per heavy atom. The lowest BCUT2D eigenvalue weighted by Gasteiger charge is -2.26. The van der Waals surface area contributed by atoms with Gasteiger partial charge in [-0.1, -0.05) is 31.2 Å². The summed E-state index contributed by atoms with van der Waals surface area (Å²) >= 11 is 1.60. The van der Waals surface area contributed by atoms with Crippen LogP contribution in [0.15, 0.2) is 29.6 Å². The van der Waals surface area contributed by atoms with E-state index < -0.39 is 0 Å². The molecule has 1 aliphatic carbocycles. The van der Waals surface area contributed by atoms with E-state index in [1.165, 1.54) is 5.56 Å². The number of hydrogen-bond donors (Lipinski definition) is 2. The van der Waals surface area contributed by atoms with Crippen LogP contribution in [0.3, 0.4) is 0 Å². The van der Waals surface area contributed by atoms with Gasteiger partial charge in [-0.3, -0.25) is 4.79 Å². The molecule has 4 nitrogen and oxygen atoms in total. The maximum absolute atomic E-state index is 12.2. The largest absolute Gasteiger partial charge is 0.353 e. The Morgan fingerprint density at radius 1 is 1.24 bits per heavy atom. The van der Waals surface area contributed by atoms with Crippen LogP contribution < -0.4 is 11.1 Å². The second-order valence-corrected chi connectivity index (χ2v) is 7.41. The number of benzene rings is 1. The minimum atomic E-state index is 0. The summed E-state index contributed by atoms with van der Waals surface area (Å²) < 4.78 is 0. The monoisotopic (exact) mass is 379 g/mol. The molecule has 0 atom stereocenters. The van der Waals surface area contributed by atoms with Crippen LogP contribution in [-0.4, -0.2) is 23.0 Å². The van der Waals surface area contributed by atoms with E-state index in [2.05, 4.69) is 41.5 Å². The van der Waals surface area contributed by atoms with E-state index in [4.69, 9.17) is 5.73 Å². The van der Waals surface area contributed by atoms with E-state index in [-0.39, 0.29) is 24.4 Å². The number of thiazole rings is 1. The number of carbonyl (C=O) groups excluding carboxylic acids is 1. The summed E-state index contributed by atoms with van der Waals surface area (Å²) in [5.74, 6) is 0.0636. The normalized spacial score (nSPS) is 19.9. The molecule has 1 aromatic carbocycles. The standard InChI is InChI=1S/C19H25N3OS.ClH/c1-2-13-3-5-14(6-4-13)19-22-17(12-24-19)11-18(23)21-16-9-7-15(20)8-10-16;/h3-6,12,15-16H,2,7-11,20H2,1H3,(H,21,23);1H. The predicted molar refractivity (Wildman–Crippen MR) is 106 cm³/mol. The maximum Gasteiger partial charge on any atom is 0.226 e. The Morgan fingerprint density at radius 2 is 1.92 bits per heavy atom. The van der Waals surface area contributed by atoms with E-state index in [0.29, 0.717) is 12.5 Å². The zero-order valence-corrected chi connectivity index (χ0v) is 16.2. The number of aromatic nitrogens is 1. The fourth-order valence-corrected chi connectivity index (χ4v) is 3.94. The lowest BCUT2D eigenvalue weighted by Crippen LogP contribution is -2.41. The van der Waals surface area contributed by atoms with Gasteiger partial charge in [0.2, 0.25) is 5.91 Å². The highest BCUT2D eigenvalue weighted by atomic mass is 35.5. The average molecular weight is 380 g/mol. The third-order valence-electron chi connectivity index (χ3n) is 4.64. The molecule has 0 radical (unpaired) electrons. The first-order valence-corrected chi connectivity index (χ1v) is 9.60. The fourth-order valence-electron chi connectivity index (χ4n) is 3.11. The van der Waals surface area contributed by atoms with Crippen molar-refractivity contribution >= 4 is 29.7 Å². The van der Waals surface area contributed by atoms with Gasteiger partial charge in [-0.05, 0) is 37.7 Å². The summed E-state index contributed by atoms with van der Waals surface area (Å²) in [5.41, 5.74) is 9.19. The topological polar surface area (TPSA) is 68.0 Å². The molecule has 0 unspecified atom stereocenters. The number of nitrogens with zero attached hydrogens (tertiary/aromatic N) is 1. The van der Waals surface area contributed by atoms with Crippen molar-refractivity contribution in [3.05, 3.63) is 40.9 Å². The minimum Gasteiger partial charge on any atom is -0.353 e. The van der Waals surface area contributed by atoms with E-state index in [9.17, 15) is 4.79 Å². The van der Waals surface area contributed by atoms with Crippen molar-refractivity contribution in [3.8, 4) is 10.6 Å². The van der Waals surface area contributed by atoms with Gasteiger partial charge < -0.3 is 11.1 Å². The summed E-state index contributed by atoms with van der Waals surface area (Å²) in [4.78, 5) is 16.8. The number of amides is 1. The minimum absolute atomic E-state index is 0. The quantitative estimate of drug-likeness (QED) is 0.831. The van der Waals surface area contributed by atoms with Crippen LogP contribution in [0.4, 0.5) is 0 Å². The number of rotatable bonds is 5. The fraction of sp³-hybridized carbons (Fsp3) is 0.474. The van der Waals surface area contributed by atoms with Gasteiger partial charge in [0, 0.05) is 23.0 Å². The maximum atomic E-state index is 12.2. The van der Waals surface area contributed by atoms with Crippen LogP contribution in [0.5, 0.6) is 0 Å². The van der Waals surface area contributed by atoms with Crippen molar-refractivity contribution in [2.75, 3.05) is 0 Å². The summed E-state index contributed by atoms with van der Waals surface area (Å²) in [7, 11) is 0. The molecule has 0 aliphatic heterocycles. The highest BCUT2D eigenvalue weighted by Crippen LogP contribution is 2.24. The van der Waals surface area contributed by atoms with Crippen molar-refractivity contribution in [2.45, 2.75) is 57.5 Å². The van der Waals surface area contributed by atoms with Crippen LogP contribution in [0.25, 0.3) is 10.6 Å². The summed E-state index contributed by atoms with van der Waals surface area (Å²) in [5, 5.41) is 6.08. The van der Waals surface area contributed by atoms with Crippen LogP contribution in [0.1, 0.15) is 43.9 Å². The van der Waals surface area contributed by atoms with Gasteiger partial charge in [0.15, 0.2) is 0 Å². The van der Waals surface area contributed by atoms with E-state index in [1.54, 1.807) is 11.3 Å². The molecule has 136 valence electrons. The third-order valence-corrected chi connectivity index (χ3v) is 5.58. The van der Waals surface area contributed by atoms with Crippen molar-refractivity contribution in [2.24, 2.45) is 5.73 Å². The summed E-state index contributed by atoms with van der Waals surface area (Å²) in [6.07, 6.45) is 5.36. The Bertz CT molecular complexity index is 678. The van der Waals surface area contributed by atoms with Gasteiger partial charge in [-0.25, -0.2) is 4.98 Å². The predicted octanol–water partition coefficient (Wildman–Crippen LogP) is 3.72. The molecular weight excluding hydrogens is 354 g/mol. The van der Waals surface area contributed by atoms with Crippen LogP contribution in [0, 0.1) is 0 Å². The first kappa shape index (κ1) is 19.9. The Balaban J connectivity index is 0.00000225. The molecule has 25 heavy (non-hydrogen) atoms. The van der Waals surface area contributed by atoms with Crippen molar-refractivity contribution in [1.82, 2.24) is 10.3 Å². The second kappa shape index (κ2) is 9.32. The lowest BCUT2D eigenvalue weighted by atomic mass is 9.92. The van der Waals surface area contributed by atoms with Gasteiger partial charge in [0.05, 0.1) is 12.1 Å². The van der Waals surface area contributed by atoms with Crippen molar-refractivity contribution < 1.29 is 4.79 Å². The third kappa shape index (κ3) is 5.53. The number of hydrogen-bond acceptors (Lipinski definition) is 4. The number of aryl methyl sites for hydroxylation is 1. The van der Waals surface area contributed by atoms with Crippen molar-refractivity contribution in [3.63, 3.8) is 0 Å². The molecule has 1 fully saturated rings. The molecule has 3 rings (SSSR count). The Kier molecular flexibility index (Phi) is 7.41. The van der Waals surface area contributed by atoms with Gasteiger partial charge in [0.25, 0.3) is 0 Å². The molecule has 1 aromatic heterocycles. The number of nitrogens with one attached hydrogen (secondary N) is 1. The van der Waals surface area contributed by atoms with Gasteiger partial charge >= 0.3 is 0 Å². The van der Waals surface area contributed by atoms with Crippen molar-refractivity contribution in [1.29, 1.82) is 0 Å². The van der Waals surface area contributed by atoms with Crippen LogP contribution in [-0.2, 0) is 17.6 Å². The average Bonchev–Trinajstić information content (AvgIpc) is 3.05. The molecule has 0 spiro atoms. The molecule has 3 N–H and O–H groups in total. The molecule has 2 aromatic rings. The molecule has 6 heteroatoms.